The minimum Gasteiger partial charge on any atom is -0.528 e. The van der Waals surface area contributed by atoms with Crippen LogP contribution in [0.1, 0.15) is 25.0 Å². The SMILES string of the molecule is CCOc1ccc(OBOc2ccc(OCC)c(F)c2C(F)(F)F)c(C(F)(F)F)c1F. The first-order chi connectivity index (χ1) is 14.4. The van der Waals surface area contributed by atoms with E-state index in [2.05, 4.69) is 0 Å². The number of hydrogen-bond donors (Lipinski definition) is 0. The molecule has 0 fully saturated rings. The van der Waals surface area contributed by atoms with Crippen LogP contribution in [0.4, 0.5) is 35.1 Å². The summed E-state index contributed by atoms with van der Waals surface area (Å²) in [5.41, 5.74) is -3.65. The highest BCUT2D eigenvalue weighted by Gasteiger charge is 2.41. The molecule has 0 atom stereocenters. The molecule has 0 saturated heterocycles. The zero-order valence-corrected chi connectivity index (χ0v) is 16.1. The van der Waals surface area contributed by atoms with E-state index in [4.69, 9.17) is 18.8 Å². The molecule has 0 spiro atoms. The quantitative estimate of drug-likeness (QED) is 0.386. The van der Waals surface area contributed by atoms with Crippen LogP contribution in [0.5, 0.6) is 23.0 Å². The van der Waals surface area contributed by atoms with Gasteiger partial charge in [0.25, 0.3) is 0 Å². The molecule has 2 aromatic rings. The third-order valence-corrected chi connectivity index (χ3v) is 3.73. The van der Waals surface area contributed by atoms with Crippen LogP contribution in [0.15, 0.2) is 24.3 Å². The monoisotopic (exact) mass is 458 g/mol. The summed E-state index contributed by atoms with van der Waals surface area (Å²) in [5.74, 6) is -6.97. The van der Waals surface area contributed by atoms with Crippen LogP contribution in [0.3, 0.4) is 0 Å². The fourth-order valence-corrected chi connectivity index (χ4v) is 2.54. The zero-order valence-electron chi connectivity index (χ0n) is 16.1. The van der Waals surface area contributed by atoms with Crippen molar-refractivity contribution in [1.29, 1.82) is 0 Å². The average Bonchev–Trinajstić information content (AvgIpc) is 2.64. The molecular formula is C18H15BF8O4. The van der Waals surface area contributed by atoms with E-state index in [1.165, 1.54) is 13.8 Å². The number of benzene rings is 2. The van der Waals surface area contributed by atoms with Gasteiger partial charge in [-0.2, -0.15) is 26.3 Å². The van der Waals surface area contributed by atoms with Crippen LogP contribution < -0.4 is 18.8 Å². The van der Waals surface area contributed by atoms with Crippen LogP contribution in [0.25, 0.3) is 0 Å². The van der Waals surface area contributed by atoms with Crippen LogP contribution in [-0.4, -0.2) is 20.9 Å². The smallest absolute Gasteiger partial charge is 0.528 e. The highest BCUT2D eigenvalue weighted by molar-refractivity contribution is 6.20. The Morgan fingerprint density at radius 3 is 1.26 bits per heavy atom. The number of hydrogen-bond acceptors (Lipinski definition) is 4. The predicted octanol–water partition coefficient (Wildman–Crippen LogP) is 5.52. The largest absolute Gasteiger partial charge is 0.576 e. The molecule has 13 heteroatoms. The van der Waals surface area contributed by atoms with E-state index in [1.54, 1.807) is 0 Å². The zero-order chi connectivity index (χ0) is 23.4. The number of halogens is 8. The minimum absolute atomic E-state index is 0.110. The fraction of sp³-hybridized carbons (Fsp3) is 0.333. The first-order valence-corrected chi connectivity index (χ1v) is 8.72. The number of alkyl halides is 6. The van der Waals surface area contributed by atoms with Crippen LogP contribution in [0, 0.1) is 11.6 Å². The Balaban J connectivity index is 2.32. The summed E-state index contributed by atoms with van der Waals surface area (Å²) in [6.45, 7) is 2.64. The van der Waals surface area contributed by atoms with Gasteiger partial charge in [-0.1, -0.05) is 0 Å². The molecule has 31 heavy (non-hydrogen) atoms. The molecule has 0 unspecified atom stereocenters. The van der Waals surface area contributed by atoms with Gasteiger partial charge in [-0.3, -0.25) is 0 Å². The van der Waals surface area contributed by atoms with Crippen molar-refractivity contribution in [1.82, 2.24) is 0 Å². The molecule has 0 N–H and O–H groups in total. The normalized spacial score (nSPS) is 11.8. The summed E-state index contributed by atoms with van der Waals surface area (Å²) in [6, 6.07) is 3.18. The maximum absolute atomic E-state index is 14.2. The van der Waals surface area contributed by atoms with Crippen molar-refractivity contribution in [2.24, 2.45) is 0 Å². The second-order valence-corrected chi connectivity index (χ2v) is 5.77. The molecule has 0 radical (unpaired) electrons. The minimum atomic E-state index is -5.20. The van der Waals surface area contributed by atoms with E-state index < -0.39 is 65.8 Å². The van der Waals surface area contributed by atoms with Crippen molar-refractivity contribution >= 4 is 7.69 Å². The highest BCUT2D eigenvalue weighted by atomic mass is 19.4. The van der Waals surface area contributed by atoms with Gasteiger partial charge in [-0.05, 0) is 38.1 Å². The molecule has 0 saturated carbocycles. The van der Waals surface area contributed by atoms with Gasteiger partial charge in [0, 0.05) is 0 Å². The molecule has 0 aromatic heterocycles. The number of ether oxygens (including phenoxy) is 2. The lowest BCUT2D eigenvalue weighted by atomic mass is 10.1. The van der Waals surface area contributed by atoms with Crippen LogP contribution in [-0.2, 0) is 12.4 Å². The molecule has 2 aromatic carbocycles. The van der Waals surface area contributed by atoms with E-state index in [0.29, 0.717) is 0 Å². The predicted molar refractivity (Wildman–Crippen MR) is 93.5 cm³/mol. The Bertz CT molecular complexity index is 841. The summed E-state index contributed by atoms with van der Waals surface area (Å²) in [6.07, 6.45) is -10.4. The van der Waals surface area contributed by atoms with Gasteiger partial charge in [0.2, 0.25) is 0 Å². The standard InChI is InChI=1S/C18H15BF8O4/c1-3-28-11-7-5-9(13(15(11)20)17(22,23)24)30-19-31-10-6-8-12(29-4-2)16(21)14(10)18(25,26)27/h5-8,19H,3-4H2,1-2H3. The topological polar surface area (TPSA) is 36.9 Å². The van der Waals surface area contributed by atoms with E-state index in [1.807, 2.05) is 0 Å². The van der Waals surface area contributed by atoms with Gasteiger partial charge in [-0.25, -0.2) is 8.78 Å². The van der Waals surface area contributed by atoms with Crippen molar-refractivity contribution in [3.8, 4) is 23.0 Å². The molecule has 0 amide bonds. The molecule has 0 bridgehead atoms. The van der Waals surface area contributed by atoms with Gasteiger partial charge in [0.1, 0.15) is 22.6 Å². The average molecular weight is 458 g/mol. The van der Waals surface area contributed by atoms with Crippen LogP contribution >= 0.6 is 0 Å². The second kappa shape index (κ2) is 9.52. The molecule has 0 aliphatic carbocycles. The first-order valence-electron chi connectivity index (χ1n) is 8.72. The Hall–Kier alpha value is -2.86. The van der Waals surface area contributed by atoms with E-state index in [0.717, 1.165) is 24.3 Å². The van der Waals surface area contributed by atoms with Crippen molar-refractivity contribution < 1.29 is 53.9 Å². The maximum atomic E-state index is 14.2. The van der Waals surface area contributed by atoms with Crippen LogP contribution in [0.2, 0.25) is 0 Å². The summed E-state index contributed by atoms with van der Waals surface area (Å²) in [7, 11) is -1.20. The van der Waals surface area contributed by atoms with E-state index in [-0.39, 0.29) is 13.2 Å². The Morgan fingerprint density at radius 1 is 0.645 bits per heavy atom. The van der Waals surface area contributed by atoms with E-state index >= 15 is 0 Å². The van der Waals surface area contributed by atoms with Crippen molar-refractivity contribution in [3.63, 3.8) is 0 Å². The van der Waals surface area contributed by atoms with E-state index in [9.17, 15) is 35.1 Å². The lowest BCUT2D eigenvalue weighted by Gasteiger charge is -2.19. The summed E-state index contributed by atoms with van der Waals surface area (Å²) >= 11 is 0. The second-order valence-electron chi connectivity index (χ2n) is 5.77. The molecule has 0 aliphatic rings. The molecule has 0 heterocycles. The molecular weight excluding hydrogens is 443 g/mol. The summed E-state index contributed by atoms with van der Waals surface area (Å²) < 4.78 is 127. The molecule has 170 valence electrons. The summed E-state index contributed by atoms with van der Waals surface area (Å²) in [5, 5.41) is 0. The third kappa shape index (κ3) is 5.64. The lowest BCUT2D eigenvalue weighted by Crippen LogP contribution is -2.19. The van der Waals surface area contributed by atoms with Gasteiger partial charge in [0.05, 0.1) is 13.2 Å². The fourth-order valence-electron chi connectivity index (χ4n) is 2.54. The van der Waals surface area contributed by atoms with Gasteiger partial charge < -0.3 is 18.8 Å². The molecule has 4 nitrogen and oxygen atoms in total. The summed E-state index contributed by atoms with van der Waals surface area (Å²) in [4.78, 5) is 0. The Morgan fingerprint density at radius 2 is 0.968 bits per heavy atom. The third-order valence-electron chi connectivity index (χ3n) is 3.73. The van der Waals surface area contributed by atoms with Crippen molar-refractivity contribution in [2.45, 2.75) is 26.2 Å². The van der Waals surface area contributed by atoms with Gasteiger partial charge >= 0.3 is 20.0 Å². The van der Waals surface area contributed by atoms with Crippen molar-refractivity contribution in [3.05, 3.63) is 47.0 Å². The van der Waals surface area contributed by atoms with Gasteiger partial charge in [-0.15, -0.1) is 0 Å². The Labute approximate surface area is 172 Å². The van der Waals surface area contributed by atoms with Crippen molar-refractivity contribution in [2.75, 3.05) is 13.2 Å². The molecule has 2 rings (SSSR count). The first kappa shape index (κ1) is 24.4. The molecule has 0 aliphatic heterocycles. The maximum Gasteiger partial charge on any atom is 0.576 e. The number of rotatable bonds is 8. The highest BCUT2D eigenvalue weighted by Crippen LogP contribution is 2.43. The Kier molecular flexibility index (Phi) is 7.50. The lowest BCUT2D eigenvalue weighted by molar-refractivity contribution is -0.141. The van der Waals surface area contributed by atoms with Gasteiger partial charge in [0.15, 0.2) is 23.1 Å².